The maximum atomic E-state index is 16.5. The number of anilines is 1. The summed E-state index contributed by atoms with van der Waals surface area (Å²) in [4.78, 5) is 101. The molecule has 0 spiro atoms. The number of methoxy groups -OCH3 is 1. The highest BCUT2D eigenvalue weighted by molar-refractivity contribution is 6.32. The Morgan fingerprint density at radius 1 is 0.921 bits per heavy atom. The summed E-state index contributed by atoms with van der Waals surface area (Å²) >= 11 is 0. The Kier molecular flexibility index (Phi) is 15.0. The van der Waals surface area contributed by atoms with Crippen molar-refractivity contribution in [2.45, 2.75) is 124 Å². The van der Waals surface area contributed by atoms with E-state index in [0.29, 0.717) is 16.6 Å². The lowest BCUT2D eigenvalue weighted by atomic mass is 9.78. The highest BCUT2D eigenvalue weighted by Gasteiger charge is 2.53. The summed E-state index contributed by atoms with van der Waals surface area (Å²) in [6, 6.07) is 0.691. The first-order valence-corrected chi connectivity index (χ1v) is 25.4. The van der Waals surface area contributed by atoms with Gasteiger partial charge in [-0.15, -0.1) is 0 Å². The van der Waals surface area contributed by atoms with Crippen molar-refractivity contribution in [3.05, 3.63) is 115 Å². The summed E-state index contributed by atoms with van der Waals surface area (Å²) in [6.07, 6.45) is 5.75. The van der Waals surface area contributed by atoms with Crippen LogP contribution in [-0.4, -0.2) is 128 Å². The molecule has 0 radical (unpaired) electrons. The maximum Gasteiger partial charge on any atom is 0.341 e. The van der Waals surface area contributed by atoms with Crippen molar-refractivity contribution >= 4 is 46.4 Å². The fraction of sp³-hybridized carbons (Fsp3) is 0.482. The van der Waals surface area contributed by atoms with Crippen LogP contribution in [0.1, 0.15) is 132 Å². The number of carboxylic acid groups (broad SMARTS) is 1. The number of aromatic nitrogens is 1. The summed E-state index contributed by atoms with van der Waals surface area (Å²) in [5.74, 6) is -12.4. The number of aliphatic hydroxyl groups excluding tert-OH is 2. The van der Waals surface area contributed by atoms with E-state index in [2.05, 4.69) is 5.32 Å². The molecular weight excluding hydrogens is 988 g/mol. The molecule has 9 rings (SSSR count). The number of esters is 1. The number of carbonyl (C=O) groups is 6. The minimum absolute atomic E-state index is 0.0258. The topological polar surface area (TPSA) is 260 Å². The van der Waals surface area contributed by atoms with E-state index in [1.165, 1.54) is 71.0 Å². The van der Waals surface area contributed by atoms with Gasteiger partial charge in [0.25, 0.3) is 17.2 Å². The van der Waals surface area contributed by atoms with Crippen LogP contribution in [0.3, 0.4) is 0 Å². The number of phenolic OH excluding ortho intramolecular Hbond substituents is 1. The van der Waals surface area contributed by atoms with Gasteiger partial charge in [-0.2, -0.15) is 0 Å². The quantitative estimate of drug-likeness (QED) is 0.175. The van der Waals surface area contributed by atoms with E-state index in [0.717, 1.165) is 29.7 Å². The van der Waals surface area contributed by atoms with Crippen LogP contribution in [0.5, 0.6) is 11.5 Å². The maximum absolute atomic E-state index is 16.5. The number of aliphatic hydroxyl groups is 2. The number of rotatable bonds is 7. The fourth-order valence-corrected chi connectivity index (χ4v) is 11.3. The largest absolute Gasteiger partial charge is 0.507 e. The number of Topliss-reactive ketones (excluding diaryl/α,β-unsaturated/α-hetero) is 3. The molecule has 5 bridgehead atoms. The smallest absolute Gasteiger partial charge is 0.341 e. The van der Waals surface area contributed by atoms with Crippen LogP contribution in [0.25, 0.3) is 5.52 Å². The number of aryl methyl sites for hydroxylation is 1. The second-order valence-corrected chi connectivity index (χ2v) is 21.1. The van der Waals surface area contributed by atoms with E-state index in [9.17, 15) is 44.4 Å². The van der Waals surface area contributed by atoms with E-state index in [-0.39, 0.29) is 59.3 Å². The average Bonchev–Trinajstić information content (AvgIpc) is 4.04. The summed E-state index contributed by atoms with van der Waals surface area (Å²) in [7, 11) is 2.92. The number of nitrogens with zero attached hydrogens (tertiary/aromatic N) is 3. The van der Waals surface area contributed by atoms with Gasteiger partial charge in [-0.05, 0) is 69.2 Å². The standard InChI is InChI=1S/C56H65FN4O15/c1-24-13-12-14-25(2)53(69)58-41-44(59(10)33-17-19-60(22-33)43-27(4)42-34(32-15-16-32)21-35(55(71)72)54(70)61(42)23-36(43)57)49(67)38-39(48(41)66)47(65)30(7)51-40(38)52(68)56(9,76-51)74-20-18-37(73-11)26(3)50(75-31(8)62)29(6)46(64)28(5)45(24)63/h12-14,18,20-21,23-24,26,28-29,32-33,37,45-46,50,63-65H,15-17,19,22H2,1-11H3,(H,58,69)(H,71,72)/b13-12+,20-18+,25-14-/t24-,26+,28+,29+,33?,37-,45-,46+,50+,56-/m0/s1. The molecule has 20 heteroatoms. The zero-order valence-electron chi connectivity index (χ0n) is 44.3. The first-order chi connectivity index (χ1) is 35.8. The second-order valence-electron chi connectivity index (χ2n) is 21.1. The molecule has 10 atom stereocenters. The van der Waals surface area contributed by atoms with Crippen LogP contribution in [0, 0.1) is 43.3 Å². The lowest BCUT2D eigenvalue weighted by Crippen LogP contribution is -2.46. The second kappa shape index (κ2) is 20.8. The van der Waals surface area contributed by atoms with Gasteiger partial charge in [0.15, 0.2) is 5.82 Å². The molecule has 1 amide bonds. The van der Waals surface area contributed by atoms with Crippen LogP contribution in [0.4, 0.5) is 10.1 Å². The highest BCUT2D eigenvalue weighted by atomic mass is 19.1. The number of ether oxygens (including phenoxy) is 4. The minimum atomic E-state index is -2.20. The van der Waals surface area contributed by atoms with Crippen LogP contribution < -0.4 is 20.5 Å². The minimum Gasteiger partial charge on any atom is -0.507 e. The molecule has 1 saturated carbocycles. The van der Waals surface area contributed by atoms with Gasteiger partial charge in [-0.25, -0.2) is 9.18 Å². The van der Waals surface area contributed by atoms with Crippen LogP contribution in [0.15, 0.2) is 64.6 Å². The summed E-state index contributed by atoms with van der Waals surface area (Å²) < 4.78 is 41.3. The number of fused-ring (bicyclic) bond motifs is 15. The monoisotopic (exact) mass is 1050 g/mol. The molecule has 5 N–H and O–H groups in total. The highest BCUT2D eigenvalue weighted by Crippen LogP contribution is 2.50. The van der Waals surface area contributed by atoms with Crippen molar-refractivity contribution in [1.29, 1.82) is 0 Å². The normalized spacial score (nSPS) is 29.9. The first-order valence-electron chi connectivity index (χ1n) is 25.4. The zero-order valence-corrected chi connectivity index (χ0v) is 44.3. The van der Waals surface area contributed by atoms with Crippen molar-refractivity contribution in [2.75, 3.05) is 32.1 Å². The molecule has 6 aliphatic rings. The van der Waals surface area contributed by atoms with Crippen LogP contribution in [-0.2, 0) is 23.8 Å². The van der Waals surface area contributed by atoms with Crippen molar-refractivity contribution in [2.24, 2.45) is 23.7 Å². The molecule has 6 heterocycles. The van der Waals surface area contributed by atoms with Gasteiger partial charge in [0.05, 0.1) is 58.7 Å². The number of ketones is 3. The molecule has 406 valence electrons. The molecule has 4 aliphatic heterocycles. The summed E-state index contributed by atoms with van der Waals surface area (Å²) in [5, 5.41) is 47.4. The molecule has 1 unspecified atom stereocenters. The number of nitrogens with one attached hydrogen (secondary N) is 1. The number of halogens is 1. The number of carbonyl (C=O) groups excluding carboxylic acids is 5. The van der Waals surface area contributed by atoms with E-state index >= 15 is 14.0 Å². The van der Waals surface area contributed by atoms with Gasteiger partial charge in [0, 0.05) is 81.9 Å². The number of phenols is 1. The Morgan fingerprint density at radius 3 is 2.24 bits per heavy atom. The number of hydrogen-bond donors (Lipinski definition) is 5. The number of likely N-dealkylation sites (N-methyl/N-ethyl adjacent to an activating group) is 1. The molecule has 1 aromatic carbocycles. The van der Waals surface area contributed by atoms with Crippen LogP contribution in [0.2, 0.25) is 0 Å². The predicted octanol–water partition coefficient (Wildman–Crippen LogP) is 5.80. The van der Waals surface area contributed by atoms with Gasteiger partial charge in [-0.3, -0.25) is 33.2 Å². The van der Waals surface area contributed by atoms with E-state index in [1.54, 1.807) is 45.6 Å². The lowest BCUT2D eigenvalue weighted by molar-refractivity contribution is -0.160. The van der Waals surface area contributed by atoms with Gasteiger partial charge in [0.2, 0.25) is 11.6 Å². The molecule has 76 heavy (non-hydrogen) atoms. The Balaban J connectivity index is 1.23. The number of aromatic carboxylic acids is 1. The predicted molar refractivity (Wildman–Crippen MR) is 274 cm³/mol. The average molecular weight is 1050 g/mol. The molecule has 1 saturated heterocycles. The molecule has 19 nitrogen and oxygen atoms in total. The molecule has 2 aliphatic carbocycles. The van der Waals surface area contributed by atoms with Gasteiger partial charge in [-0.1, -0.05) is 45.9 Å². The number of benzene rings is 1. The number of allylic oxidation sites excluding steroid dienone is 4. The molecular formula is C56H65FN4O15. The Labute approximate surface area is 438 Å². The van der Waals surface area contributed by atoms with E-state index < -0.39 is 135 Å². The van der Waals surface area contributed by atoms with E-state index in [1.807, 2.05) is 0 Å². The Morgan fingerprint density at radius 2 is 1.61 bits per heavy atom. The van der Waals surface area contributed by atoms with Crippen molar-refractivity contribution in [3.8, 4) is 11.5 Å². The van der Waals surface area contributed by atoms with Crippen molar-refractivity contribution in [1.82, 2.24) is 14.6 Å². The number of hydrogen-bond acceptors (Lipinski definition) is 16. The third kappa shape index (κ3) is 9.48. The molecule has 2 aromatic heterocycles. The SMILES string of the molecule is CO[C@H]1/C=C/O[C@@]2(C)Oc3c(C)c(O)c4c(c3C2=O)C(=O)C(N(C)C2CCN(c3c(F)cn5c(=O)c(C(=O)O)cc(C6CC6)c5c3C)C2)=C(NC(=O)/C(C)=C\C=C\[C@H](C)[C@H](O)[C@@H](C)[C@@H](O)[C@@H](C)[C@H](OC(C)=O)[C@@H]1C)C4=O. The van der Waals surface area contributed by atoms with Crippen molar-refractivity contribution < 1.29 is 72.5 Å². The first kappa shape index (κ1) is 55.1. The third-order valence-electron chi connectivity index (χ3n) is 16.0. The Bertz CT molecular complexity index is 3170. The fourth-order valence-electron chi connectivity index (χ4n) is 11.3. The van der Waals surface area contributed by atoms with Crippen molar-refractivity contribution in [3.63, 3.8) is 0 Å². The number of pyridine rings is 2. The molecule has 3 aromatic rings. The van der Waals surface area contributed by atoms with Gasteiger partial charge >= 0.3 is 17.7 Å². The third-order valence-corrected chi connectivity index (χ3v) is 16.0. The lowest BCUT2D eigenvalue weighted by Gasteiger charge is -2.38. The number of amides is 1. The zero-order chi connectivity index (χ0) is 55.7. The molecule has 2 fully saturated rings. The summed E-state index contributed by atoms with van der Waals surface area (Å²) in [5.41, 5.74) is -2.11. The van der Waals surface area contributed by atoms with E-state index in [4.69, 9.17) is 18.9 Å². The number of aromatic hydroxyl groups is 1. The summed E-state index contributed by atoms with van der Waals surface area (Å²) in [6.45, 7) is 14.0. The Hall–Kier alpha value is -7.16. The number of carboxylic acids is 1. The van der Waals surface area contributed by atoms with Gasteiger partial charge < -0.3 is 54.5 Å². The van der Waals surface area contributed by atoms with Gasteiger partial charge in [0.1, 0.15) is 34.6 Å². The van der Waals surface area contributed by atoms with Crippen LogP contribution >= 0.6 is 0 Å².